The molecule has 1 N–H and O–H groups in total. The van der Waals surface area contributed by atoms with E-state index in [-0.39, 0.29) is 5.91 Å². The fourth-order valence-corrected chi connectivity index (χ4v) is 3.40. The van der Waals surface area contributed by atoms with E-state index in [9.17, 15) is 4.79 Å². The molecular weight excluding hydrogens is 262 g/mol. The maximum atomic E-state index is 10.9. The Hall–Kier alpha value is 0.127. The van der Waals surface area contributed by atoms with Gasteiger partial charge in [0, 0.05) is 13.2 Å². The highest BCUT2D eigenvalue weighted by Gasteiger charge is 2.20. The monoisotopic (exact) mass is 281 g/mol. The van der Waals surface area contributed by atoms with Crippen LogP contribution in [0.3, 0.4) is 0 Å². The number of halogens is 1. The zero-order valence-corrected chi connectivity index (χ0v) is 11.8. The van der Waals surface area contributed by atoms with E-state index in [2.05, 4.69) is 34.3 Å². The van der Waals surface area contributed by atoms with Gasteiger partial charge < -0.3 is 9.74 Å². The smallest absolute Gasteiger partial charge is 0.230 e. The van der Waals surface area contributed by atoms with Crippen molar-refractivity contribution in [1.29, 1.82) is 0 Å². The maximum absolute atomic E-state index is 10.9. The van der Waals surface area contributed by atoms with Crippen molar-refractivity contribution in [3.05, 3.63) is 0 Å². The van der Waals surface area contributed by atoms with E-state index in [0.29, 0.717) is 5.33 Å². The molecule has 0 aromatic rings. The van der Waals surface area contributed by atoms with Gasteiger partial charge in [-0.1, -0.05) is 15.9 Å². The van der Waals surface area contributed by atoms with Crippen LogP contribution in [0.1, 0.15) is 13.3 Å². The second-order valence-corrected chi connectivity index (χ2v) is 8.65. The van der Waals surface area contributed by atoms with E-state index in [1.807, 2.05) is 6.92 Å². The first kappa shape index (κ1) is 14.1. The molecule has 0 aromatic carbocycles. The maximum Gasteiger partial charge on any atom is 0.230 e. The Kier molecular flexibility index (Phi) is 7.49. The van der Waals surface area contributed by atoms with Crippen LogP contribution in [0.4, 0.5) is 0 Å². The van der Waals surface area contributed by atoms with Crippen LogP contribution in [-0.2, 0) is 9.22 Å². The SMILES string of the molecule is CCO[Si](C)(C)CCCNC(=O)CBr. The van der Waals surface area contributed by atoms with Gasteiger partial charge in [0.05, 0.1) is 5.33 Å². The molecule has 0 bridgehead atoms. The van der Waals surface area contributed by atoms with Gasteiger partial charge in [-0.2, -0.15) is 0 Å². The number of carbonyl (C=O) groups excluding carboxylic acids is 1. The van der Waals surface area contributed by atoms with E-state index >= 15 is 0 Å². The first-order chi connectivity index (χ1) is 6.52. The third kappa shape index (κ3) is 7.52. The third-order valence-electron chi connectivity index (χ3n) is 1.93. The number of rotatable bonds is 7. The fourth-order valence-electron chi connectivity index (χ4n) is 1.25. The number of hydrogen-bond acceptors (Lipinski definition) is 2. The van der Waals surface area contributed by atoms with Gasteiger partial charge >= 0.3 is 0 Å². The summed E-state index contributed by atoms with van der Waals surface area (Å²) >= 11 is 3.10. The molecule has 1 amide bonds. The molecule has 0 heterocycles. The summed E-state index contributed by atoms with van der Waals surface area (Å²) in [6, 6.07) is 1.10. The molecule has 0 radical (unpaired) electrons. The van der Waals surface area contributed by atoms with Crippen LogP contribution < -0.4 is 5.32 Å². The van der Waals surface area contributed by atoms with Crippen molar-refractivity contribution in [3.63, 3.8) is 0 Å². The zero-order valence-electron chi connectivity index (χ0n) is 9.23. The molecule has 0 unspecified atom stereocenters. The Balaban J connectivity index is 3.48. The summed E-state index contributed by atoms with van der Waals surface area (Å²) in [6.07, 6.45) is 1.01. The van der Waals surface area contributed by atoms with Crippen LogP contribution in [-0.4, -0.2) is 32.7 Å². The van der Waals surface area contributed by atoms with Gasteiger partial charge in [-0.05, 0) is 32.5 Å². The molecule has 0 rings (SSSR count). The van der Waals surface area contributed by atoms with E-state index in [1.165, 1.54) is 0 Å². The molecule has 14 heavy (non-hydrogen) atoms. The van der Waals surface area contributed by atoms with Gasteiger partial charge in [-0.3, -0.25) is 4.79 Å². The van der Waals surface area contributed by atoms with Crippen molar-refractivity contribution in [1.82, 2.24) is 5.32 Å². The van der Waals surface area contributed by atoms with Crippen LogP contribution in [0, 0.1) is 0 Å². The fraction of sp³-hybridized carbons (Fsp3) is 0.889. The zero-order chi connectivity index (χ0) is 11.0. The first-order valence-corrected chi connectivity index (χ1v) is 9.22. The normalized spacial score (nSPS) is 11.4. The Labute approximate surface area is 95.9 Å². The molecule has 0 saturated heterocycles. The van der Waals surface area contributed by atoms with Gasteiger partial charge in [-0.25, -0.2) is 0 Å². The molecule has 0 aliphatic carbocycles. The minimum absolute atomic E-state index is 0.0564. The van der Waals surface area contributed by atoms with Crippen LogP contribution in [0.2, 0.25) is 19.1 Å². The second-order valence-electron chi connectivity index (χ2n) is 3.78. The molecule has 0 aliphatic heterocycles. The second kappa shape index (κ2) is 7.42. The van der Waals surface area contributed by atoms with Gasteiger partial charge in [-0.15, -0.1) is 0 Å². The summed E-state index contributed by atoms with van der Waals surface area (Å²) < 4.78 is 5.68. The lowest BCUT2D eigenvalue weighted by atomic mass is 10.5. The summed E-state index contributed by atoms with van der Waals surface area (Å²) in [5.74, 6) is 0.0564. The largest absolute Gasteiger partial charge is 0.418 e. The van der Waals surface area contributed by atoms with Gasteiger partial charge in [0.15, 0.2) is 8.32 Å². The Morgan fingerprint density at radius 2 is 2.14 bits per heavy atom. The van der Waals surface area contributed by atoms with Crippen molar-refractivity contribution in [2.45, 2.75) is 32.5 Å². The summed E-state index contributed by atoms with van der Waals surface area (Å²) in [5.41, 5.74) is 0. The van der Waals surface area contributed by atoms with Crippen molar-refractivity contribution in [2.75, 3.05) is 18.5 Å². The van der Waals surface area contributed by atoms with Gasteiger partial charge in [0.1, 0.15) is 0 Å². The lowest BCUT2D eigenvalue weighted by Crippen LogP contribution is -2.32. The topological polar surface area (TPSA) is 38.3 Å². The van der Waals surface area contributed by atoms with E-state index in [4.69, 9.17) is 4.43 Å². The molecule has 0 aliphatic rings. The van der Waals surface area contributed by atoms with Crippen LogP contribution in [0.15, 0.2) is 0 Å². The highest BCUT2D eigenvalue weighted by Crippen LogP contribution is 2.12. The molecule has 0 atom stereocenters. The Morgan fingerprint density at radius 1 is 1.50 bits per heavy atom. The quantitative estimate of drug-likeness (QED) is 0.441. The average molecular weight is 282 g/mol. The molecule has 5 heteroatoms. The van der Waals surface area contributed by atoms with E-state index in [1.54, 1.807) is 0 Å². The number of nitrogens with one attached hydrogen (secondary N) is 1. The van der Waals surface area contributed by atoms with Crippen molar-refractivity contribution < 1.29 is 9.22 Å². The molecular formula is C9H20BrNO2Si. The summed E-state index contributed by atoms with van der Waals surface area (Å²) in [5, 5.41) is 3.22. The van der Waals surface area contributed by atoms with Gasteiger partial charge in [0.2, 0.25) is 5.91 Å². The van der Waals surface area contributed by atoms with Crippen molar-refractivity contribution in [3.8, 4) is 0 Å². The first-order valence-electron chi connectivity index (χ1n) is 4.98. The predicted molar refractivity (Wildman–Crippen MR) is 65.3 cm³/mol. The molecule has 0 saturated carbocycles. The van der Waals surface area contributed by atoms with Gasteiger partial charge in [0.25, 0.3) is 0 Å². The standard InChI is InChI=1S/C9H20BrNO2Si/c1-4-13-14(2,3)7-5-6-11-9(12)8-10/h4-8H2,1-3H3,(H,11,12). The third-order valence-corrected chi connectivity index (χ3v) is 5.07. The van der Waals surface area contributed by atoms with Crippen LogP contribution >= 0.6 is 15.9 Å². The molecule has 0 fully saturated rings. The number of amides is 1. The van der Waals surface area contributed by atoms with Crippen LogP contribution in [0.5, 0.6) is 0 Å². The minimum atomic E-state index is -1.45. The summed E-state index contributed by atoms with van der Waals surface area (Å²) in [4.78, 5) is 10.9. The van der Waals surface area contributed by atoms with Crippen molar-refractivity contribution >= 4 is 30.2 Å². The van der Waals surface area contributed by atoms with E-state index < -0.39 is 8.32 Å². The Morgan fingerprint density at radius 3 is 2.64 bits per heavy atom. The predicted octanol–water partition coefficient (Wildman–Crippen LogP) is 2.13. The lowest BCUT2D eigenvalue weighted by molar-refractivity contribution is -0.118. The summed E-state index contributed by atoms with van der Waals surface area (Å²) in [6.45, 7) is 8.01. The van der Waals surface area contributed by atoms with Crippen molar-refractivity contribution in [2.24, 2.45) is 0 Å². The Bertz CT molecular complexity index is 176. The number of hydrogen-bond donors (Lipinski definition) is 1. The molecule has 0 spiro atoms. The number of alkyl halides is 1. The highest BCUT2D eigenvalue weighted by atomic mass is 79.9. The van der Waals surface area contributed by atoms with E-state index in [0.717, 1.165) is 25.6 Å². The highest BCUT2D eigenvalue weighted by molar-refractivity contribution is 9.09. The summed E-state index contributed by atoms with van der Waals surface area (Å²) in [7, 11) is -1.45. The molecule has 0 aromatic heterocycles. The average Bonchev–Trinajstić information content (AvgIpc) is 2.12. The minimum Gasteiger partial charge on any atom is -0.418 e. The molecule has 3 nitrogen and oxygen atoms in total. The lowest BCUT2D eigenvalue weighted by Gasteiger charge is -2.21. The number of carbonyl (C=O) groups is 1. The van der Waals surface area contributed by atoms with Crippen LogP contribution in [0.25, 0.3) is 0 Å². The molecule has 84 valence electrons.